The molecule has 1 aliphatic carbocycles. The molecule has 0 spiro atoms. The predicted octanol–water partition coefficient (Wildman–Crippen LogP) is 1.05. The molecule has 0 atom stereocenters. The Morgan fingerprint density at radius 1 is 1.33 bits per heavy atom. The van der Waals surface area contributed by atoms with E-state index >= 15 is 0 Å². The number of hydrogen-bond donors (Lipinski definition) is 1. The largest absolute Gasteiger partial charge is 0.329 e. The predicted molar refractivity (Wildman–Crippen MR) is 61.6 cm³/mol. The van der Waals surface area contributed by atoms with E-state index in [1.54, 1.807) is 0 Å². The molecule has 0 saturated heterocycles. The van der Waals surface area contributed by atoms with Gasteiger partial charge in [-0.1, -0.05) is 6.07 Å². The lowest BCUT2D eigenvalue weighted by molar-refractivity contribution is 0.273. The van der Waals surface area contributed by atoms with Gasteiger partial charge in [-0.25, -0.2) is 0 Å². The van der Waals surface area contributed by atoms with Gasteiger partial charge in [-0.05, 0) is 25.0 Å². The summed E-state index contributed by atoms with van der Waals surface area (Å²) in [5.41, 5.74) is 6.79. The minimum absolute atomic E-state index is 0.763. The summed E-state index contributed by atoms with van der Waals surface area (Å²) in [6, 6.07) is 6.90. The van der Waals surface area contributed by atoms with Gasteiger partial charge >= 0.3 is 0 Å². The van der Waals surface area contributed by atoms with Crippen molar-refractivity contribution in [2.24, 2.45) is 5.73 Å². The molecule has 1 aliphatic rings. The Bertz CT molecular complexity index is 282. The summed E-state index contributed by atoms with van der Waals surface area (Å²) in [6.07, 6.45) is 5.60. The van der Waals surface area contributed by atoms with Crippen molar-refractivity contribution in [1.82, 2.24) is 9.88 Å². The molecule has 1 fully saturated rings. The van der Waals surface area contributed by atoms with Crippen LogP contribution in [0.4, 0.5) is 0 Å². The van der Waals surface area contributed by atoms with E-state index in [0.717, 1.165) is 32.1 Å². The number of hydrogen-bond acceptors (Lipinski definition) is 3. The fraction of sp³-hybridized carbons (Fsp3) is 0.583. The summed E-state index contributed by atoms with van der Waals surface area (Å²) in [5.74, 6) is 0. The highest BCUT2D eigenvalue weighted by Crippen LogP contribution is 2.26. The zero-order chi connectivity index (χ0) is 10.5. The Labute approximate surface area is 91.3 Å². The van der Waals surface area contributed by atoms with Crippen LogP contribution in [-0.4, -0.2) is 35.6 Å². The highest BCUT2D eigenvalue weighted by atomic mass is 15.2. The molecule has 0 unspecified atom stereocenters. The molecule has 2 rings (SSSR count). The molecule has 15 heavy (non-hydrogen) atoms. The fourth-order valence-corrected chi connectivity index (χ4v) is 1.89. The Balaban J connectivity index is 1.80. The molecule has 0 aromatic carbocycles. The van der Waals surface area contributed by atoms with Gasteiger partial charge in [-0.15, -0.1) is 0 Å². The maximum absolute atomic E-state index is 5.61. The second-order valence-corrected chi connectivity index (χ2v) is 4.13. The van der Waals surface area contributed by atoms with Crippen LogP contribution in [0, 0.1) is 0 Å². The van der Waals surface area contributed by atoms with Crippen LogP contribution < -0.4 is 5.73 Å². The number of aromatic nitrogens is 1. The topological polar surface area (TPSA) is 42.1 Å². The SMILES string of the molecule is NCCN(CCc1ccccn1)C1CC1. The molecule has 0 radical (unpaired) electrons. The Hall–Kier alpha value is -0.930. The smallest absolute Gasteiger partial charge is 0.0416 e. The molecule has 1 aromatic rings. The van der Waals surface area contributed by atoms with Crippen LogP contribution in [-0.2, 0) is 6.42 Å². The average Bonchev–Trinajstić information content (AvgIpc) is 3.09. The van der Waals surface area contributed by atoms with Crippen LogP contribution in [0.2, 0.25) is 0 Å². The molecule has 1 saturated carbocycles. The van der Waals surface area contributed by atoms with Crippen molar-refractivity contribution in [2.75, 3.05) is 19.6 Å². The zero-order valence-corrected chi connectivity index (χ0v) is 9.10. The number of rotatable bonds is 6. The van der Waals surface area contributed by atoms with Crippen LogP contribution in [0.1, 0.15) is 18.5 Å². The van der Waals surface area contributed by atoms with Crippen molar-refractivity contribution >= 4 is 0 Å². The first kappa shape index (κ1) is 10.6. The van der Waals surface area contributed by atoms with Gasteiger partial charge in [0.05, 0.1) is 0 Å². The Kier molecular flexibility index (Phi) is 3.69. The maximum Gasteiger partial charge on any atom is 0.0416 e. The second-order valence-electron chi connectivity index (χ2n) is 4.13. The van der Waals surface area contributed by atoms with Gasteiger partial charge in [0, 0.05) is 44.0 Å². The average molecular weight is 205 g/mol. The first-order chi connectivity index (χ1) is 7.40. The summed E-state index contributed by atoms with van der Waals surface area (Å²) < 4.78 is 0. The van der Waals surface area contributed by atoms with Crippen molar-refractivity contribution < 1.29 is 0 Å². The number of nitrogens with two attached hydrogens (primary N) is 1. The van der Waals surface area contributed by atoms with E-state index in [-0.39, 0.29) is 0 Å². The van der Waals surface area contributed by atoms with Crippen LogP contribution in [0.5, 0.6) is 0 Å². The van der Waals surface area contributed by atoms with E-state index in [0.29, 0.717) is 0 Å². The standard InChI is InChI=1S/C12H19N3/c13-7-10-15(12-4-5-12)9-6-11-3-1-2-8-14-11/h1-3,8,12H,4-7,9-10,13H2. The minimum Gasteiger partial charge on any atom is -0.329 e. The molecule has 2 N–H and O–H groups in total. The summed E-state index contributed by atoms with van der Waals surface area (Å²) in [6.45, 7) is 2.88. The van der Waals surface area contributed by atoms with Gasteiger partial charge in [-0.3, -0.25) is 9.88 Å². The molecule has 0 bridgehead atoms. The van der Waals surface area contributed by atoms with Gasteiger partial charge in [0.2, 0.25) is 0 Å². The van der Waals surface area contributed by atoms with E-state index in [4.69, 9.17) is 5.73 Å². The van der Waals surface area contributed by atoms with Crippen molar-refractivity contribution in [1.29, 1.82) is 0 Å². The van der Waals surface area contributed by atoms with E-state index in [1.807, 2.05) is 18.3 Å². The second kappa shape index (κ2) is 5.24. The molecular formula is C12H19N3. The summed E-state index contributed by atoms with van der Waals surface area (Å²) in [5, 5.41) is 0. The lowest BCUT2D eigenvalue weighted by Crippen LogP contribution is -2.33. The lowest BCUT2D eigenvalue weighted by atomic mass is 10.2. The third-order valence-corrected chi connectivity index (χ3v) is 2.86. The van der Waals surface area contributed by atoms with Crippen molar-refractivity contribution in [2.45, 2.75) is 25.3 Å². The van der Waals surface area contributed by atoms with Crippen molar-refractivity contribution in [3.05, 3.63) is 30.1 Å². The van der Waals surface area contributed by atoms with Crippen LogP contribution >= 0.6 is 0 Å². The molecule has 1 heterocycles. The monoisotopic (exact) mass is 205 g/mol. The molecular weight excluding hydrogens is 186 g/mol. The Morgan fingerprint density at radius 2 is 2.20 bits per heavy atom. The fourth-order valence-electron chi connectivity index (χ4n) is 1.89. The van der Waals surface area contributed by atoms with Crippen molar-refractivity contribution in [3.63, 3.8) is 0 Å². The summed E-state index contributed by atoms with van der Waals surface area (Å²) in [4.78, 5) is 6.83. The van der Waals surface area contributed by atoms with Gasteiger partial charge in [0.1, 0.15) is 0 Å². The quantitative estimate of drug-likeness (QED) is 0.754. The summed E-state index contributed by atoms with van der Waals surface area (Å²) in [7, 11) is 0. The van der Waals surface area contributed by atoms with E-state index in [9.17, 15) is 0 Å². The van der Waals surface area contributed by atoms with Gasteiger partial charge in [0.15, 0.2) is 0 Å². The molecule has 3 nitrogen and oxygen atoms in total. The molecule has 3 heteroatoms. The van der Waals surface area contributed by atoms with Gasteiger partial charge in [0.25, 0.3) is 0 Å². The van der Waals surface area contributed by atoms with E-state index < -0.39 is 0 Å². The van der Waals surface area contributed by atoms with E-state index in [1.165, 1.54) is 18.5 Å². The zero-order valence-electron chi connectivity index (χ0n) is 9.10. The third-order valence-electron chi connectivity index (χ3n) is 2.86. The first-order valence-corrected chi connectivity index (χ1v) is 5.74. The maximum atomic E-state index is 5.61. The number of nitrogens with zero attached hydrogens (tertiary/aromatic N) is 2. The first-order valence-electron chi connectivity index (χ1n) is 5.74. The van der Waals surface area contributed by atoms with Crippen LogP contribution in [0.25, 0.3) is 0 Å². The minimum atomic E-state index is 0.763. The van der Waals surface area contributed by atoms with Crippen LogP contribution in [0.3, 0.4) is 0 Å². The van der Waals surface area contributed by atoms with Crippen molar-refractivity contribution in [3.8, 4) is 0 Å². The molecule has 0 aliphatic heterocycles. The summed E-state index contributed by atoms with van der Waals surface area (Å²) >= 11 is 0. The third kappa shape index (κ3) is 3.29. The Morgan fingerprint density at radius 3 is 2.80 bits per heavy atom. The van der Waals surface area contributed by atoms with Crippen LogP contribution in [0.15, 0.2) is 24.4 Å². The highest BCUT2D eigenvalue weighted by Gasteiger charge is 2.27. The highest BCUT2D eigenvalue weighted by molar-refractivity contribution is 5.04. The molecule has 82 valence electrons. The molecule has 1 aromatic heterocycles. The van der Waals surface area contributed by atoms with Gasteiger partial charge in [-0.2, -0.15) is 0 Å². The number of pyridine rings is 1. The normalized spacial score (nSPS) is 15.9. The lowest BCUT2D eigenvalue weighted by Gasteiger charge is -2.20. The van der Waals surface area contributed by atoms with Gasteiger partial charge < -0.3 is 5.73 Å². The van der Waals surface area contributed by atoms with E-state index in [2.05, 4.69) is 16.0 Å². The molecule has 0 amide bonds.